The van der Waals surface area contributed by atoms with Crippen molar-refractivity contribution in [2.24, 2.45) is 11.8 Å². The number of hydrogen-bond donors (Lipinski definition) is 1. The molecule has 0 spiro atoms. The van der Waals surface area contributed by atoms with Gasteiger partial charge < -0.3 is 5.32 Å². The second-order valence-corrected chi connectivity index (χ2v) is 4.96. The van der Waals surface area contributed by atoms with Crippen LogP contribution >= 0.6 is 0 Å². The maximum atomic E-state index is 12.8. The average molecular weight is 261 g/mol. The fourth-order valence-corrected chi connectivity index (χ4v) is 2.77. The van der Waals surface area contributed by atoms with Gasteiger partial charge in [0, 0.05) is 12.5 Å². The Morgan fingerprint density at radius 2 is 2.06 bits per heavy atom. The molecule has 1 rings (SSSR count). The van der Waals surface area contributed by atoms with Gasteiger partial charge in [0.25, 0.3) is 0 Å². The second-order valence-electron chi connectivity index (χ2n) is 4.96. The fraction of sp³-hybridized carbons (Fsp3) is 0.857. The molecule has 0 aromatic heterocycles. The van der Waals surface area contributed by atoms with E-state index in [1.165, 1.54) is 0 Å². The molecule has 0 aliphatic heterocycles. The molecule has 104 valence electrons. The largest absolute Gasteiger partial charge is 0.391 e. The standard InChI is InChI=1S/C14H22F3N/c1-3-5-9-13(18-4-2)11-7-6-8-12(10-11)14(15,16)17/h11-13,18H,4,6-10H2,1-2H3. The Kier molecular flexibility index (Phi) is 6.01. The molecule has 0 amide bonds. The molecule has 1 aliphatic rings. The predicted octanol–water partition coefficient (Wildman–Crippen LogP) is 3.75. The summed E-state index contributed by atoms with van der Waals surface area (Å²) in [5.74, 6) is 4.80. The summed E-state index contributed by atoms with van der Waals surface area (Å²) in [6.45, 7) is 4.53. The van der Waals surface area contributed by atoms with Gasteiger partial charge >= 0.3 is 6.18 Å². The van der Waals surface area contributed by atoms with Crippen LogP contribution in [0.15, 0.2) is 0 Å². The molecule has 1 nitrogen and oxygen atoms in total. The van der Waals surface area contributed by atoms with E-state index >= 15 is 0 Å². The first-order chi connectivity index (χ1) is 8.49. The maximum Gasteiger partial charge on any atom is 0.391 e. The van der Waals surface area contributed by atoms with Gasteiger partial charge in [-0.25, -0.2) is 0 Å². The zero-order chi connectivity index (χ0) is 13.6. The minimum absolute atomic E-state index is 0.103. The summed E-state index contributed by atoms with van der Waals surface area (Å²) in [7, 11) is 0. The van der Waals surface area contributed by atoms with Gasteiger partial charge in [-0.1, -0.05) is 13.3 Å². The van der Waals surface area contributed by atoms with Gasteiger partial charge in [-0.3, -0.25) is 0 Å². The summed E-state index contributed by atoms with van der Waals surface area (Å²) < 4.78 is 38.3. The normalized spacial score (nSPS) is 26.3. The molecule has 0 bridgehead atoms. The lowest BCUT2D eigenvalue weighted by atomic mass is 9.76. The summed E-state index contributed by atoms with van der Waals surface area (Å²) in [4.78, 5) is 0. The second kappa shape index (κ2) is 7.04. The predicted molar refractivity (Wildman–Crippen MR) is 67.0 cm³/mol. The van der Waals surface area contributed by atoms with Crippen LogP contribution in [-0.4, -0.2) is 18.8 Å². The molecule has 1 aliphatic carbocycles. The monoisotopic (exact) mass is 261 g/mol. The Bertz CT molecular complexity index is 300. The van der Waals surface area contributed by atoms with E-state index in [2.05, 4.69) is 17.2 Å². The molecule has 1 N–H and O–H groups in total. The van der Waals surface area contributed by atoms with Crippen LogP contribution in [0.5, 0.6) is 0 Å². The molecule has 3 atom stereocenters. The first-order valence-electron chi connectivity index (χ1n) is 6.68. The van der Waals surface area contributed by atoms with Gasteiger partial charge in [0.2, 0.25) is 0 Å². The zero-order valence-corrected chi connectivity index (χ0v) is 11.1. The van der Waals surface area contributed by atoms with E-state index < -0.39 is 12.1 Å². The Labute approximate surface area is 108 Å². The van der Waals surface area contributed by atoms with Gasteiger partial charge in [0.1, 0.15) is 0 Å². The third-order valence-corrected chi connectivity index (χ3v) is 3.71. The molecular weight excluding hydrogens is 239 g/mol. The van der Waals surface area contributed by atoms with E-state index in [-0.39, 0.29) is 24.8 Å². The molecule has 1 saturated carbocycles. The topological polar surface area (TPSA) is 12.0 Å². The van der Waals surface area contributed by atoms with E-state index in [1.807, 2.05) is 6.92 Å². The van der Waals surface area contributed by atoms with E-state index in [1.54, 1.807) is 6.92 Å². The van der Waals surface area contributed by atoms with Crippen molar-refractivity contribution in [1.82, 2.24) is 5.32 Å². The minimum Gasteiger partial charge on any atom is -0.313 e. The minimum atomic E-state index is -4.04. The van der Waals surface area contributed by atoms with E-state index in [0.29, 0.717) is 12.8 Å². The van der Waals surface area contributed by atoms with Crippen molar-refractivity contribution in [1.29, 1.82) is 0 Å². The van der Waals surface area contributed by atoms with Gasteiger partial charge in [-0.15, -0.1) is 11.8 Å². The van der Waals surface area contributed by atoms with Crippen LogP contribution in [-0.2, 0) is 0 Å². The number of nitrogens with one attached hydrogen (secondary N) is 1. The maximum absolute atomic E-state index is 12.8. The van der Waals surface area contributed by atoms with Crippen molar-refractivity contribution in [2.45, 2.75) is 58.2 Å². The summed E-state index contributed by atoms with van der Waals surface area (Å²) in [6.07, 6.45) is -1.28. The lowest BCUT2D eigenvalue weighted by Gasteiger charge is -2.35. The van der Waals surface area contributed by atoms with Crippen molar-refractivity contribution in [3.8, 4) is 11.8 Å². The molecule has 18 heavy (non-hydrogen) atoms. The van der Waals surface area contributed by atoms with Crippen LogP contribution in [0.2, 0.25) is 0 Å². The Hall–Kier alpha value is -0.690. The van der Waals surface area contributed by atoms with Crippen molar-refractivity contribution in [3.05, 3.63) is 0 Å². The lowest BCUT2D eigenvalue weighted by Crippen LogP contribution is -2.40. The molecule has 0 heterocycles. The molecule has 0 radical (unpaired) electrons. The molecule has 0 aromatic carbocycles. The zero-order valence-electron chi connectivity index (χ0n) is 11.1. The fourth-order valence-electron chi connectivity index (χ4n) is 2.77. The number of rotatable bonds is 4. The number of halogens is 3. The number of hydrogen-bond acceptors (Lipinski definition) is 1. The third kappa shape index (κ3) is 4.53. The highest BCUT2D eigenvalue weighted by Gasteiger charge is 2.43. The SMILES string of the molecule is CC#CCC(NCC)C1CCCC(C(F)(F)F)C1. The smallest absolute Gasteiger partial charge is 0.313 e. The first kappa shape index (κ1) is 15.4. The van der Waals surface area contributed by atoms with Gasteiger partial charge in [-0.2, -0.15) is 13.2 Å². The highest BCUT2D eigenvalue weighted by atomic mass is 19.4. The van der Waals surface area contributed by atoms with Crippen LogP contribution < -0.4 is 5.32 Å². The van der Waals surface area contributed by atoms with Crippen molar-refractivity contribution in [3.63, 3.8) is 0 Å². The van der Waals surface area contributed by atoms with Crippen molar-refractivity contribution < 1.29 is 13.2 Å². The van der Waals surface area contributed by atoms with Gasteiger partial charge in [-0.05, 0) is 38.6 Å². The Morgan fingerprint density at radius 1 is 1.33 bits per heavy atom. The first-order valence-corrected chi connectivity index (χ1v) is 6.68. The molecule has 3 unspecified atom stereocenters. The Morgan fingerprint density at radius 3 is 2.61 bits per heavy atom. The molecular formula is C14H22F3N. The highest BCUT2D eigenvalue weighted by molar-refractivity contribution is 5.00. The summed E-state index contributed by atoms with van der Waals surface area (Å²) in [5, 5.41) is 3.29. The lowest BCUT2D eigenvalue weighted by molar-refractivity contribution is -0.186. The summed E-state index contributed by atoms with van der Waals surface area (Å²) >= 11 is 0. The third-order valence-electron chi connectivity index (χ3n) is 3.71. The number of alkyl halides is 3. The van der Waals surface area contributed by atoms with Gasteiger partial charge in [0.05, 0.1) is 5.92 Å². The van der Waals surface area contributed by atoms with Crippen molar-refractivity contribution >= 4 is 0 Å². The summed E-state index contributed by atoms with van der Waals surface area (Å²) in [5.41, 5.74) is 0. The van der Waals surface area contributed by atoms with Crippen LogP contribution in [0.4, 0.5) is 13.2 Å². The van der Waals surface area contributed by atoms with Crippen LogP contribution in [0, 0.1) is 23.7 Å². The highest BCUT2D eigenvalue weighted by Crippen LogP contribution is 2.41. The van der Waals surface area contributed by atoms with Crippen LogP contribution in [0.1, 0.15) is 46.0 Å². The molecule has 4 heteroatoms. The molecule has 0 saturated heterocycles. The quantitative estimate of drug-likeness (QED) is 0.760. The van der Waals surface area contributed by atoms with Crippen LogP contribution in [0.3, 0.4) is 0 Å². The molecule has 0 aromatic rings. The van der Waals surface area contributed by atoms with Crippen molar-refractivity contribution in [2.75, 3.05) is 6.54 Å². The van der Waals surface area contributed by atoms with E-state index in [9.17, 15) is 13.2 Å². The van der Waals surface area contributed by atoms with Gasteiger partial charge in [0.15, 0.2) is 0 Å². The molecule has 1 fully saturated rings. The van der Waals surface area contributed by atoms with E-state index in [0.717, 1.165) is 13.0 Å². The summed E-state index contributed by atoms with van der Waals surface area (Å²) in [6, 6.07) is 0.104. The van der Waals surface area contributed by atoms with E-state index in [4.69, 9.17) is 0 Å². The average Bonchev–Trinajstić information content (AvgIpc) is 2.33. The Balaban J connectivity index is 2.63. The van der Waals surface area contributed by atoms with Crippen LogP contribution in [0.25, 0.3) is 0 Å².